The van der Waals surface area contributed by atoms with Gasteiger partial charge in [-0.25, -0.2) is 17.9 Å². The van der Waals surface area contributed by atoms with Gasteiger partial charge in [-0.15, -0.1) is 0 Å². The molecule has 13 nitrogen and oxygen atoms in total. The first-order valence-electron chi connectivity index (χ1n) is 9.79. The molecule has 7 N–H and O–H groups in total. The van der Waals surface area contributed by atoms with Crippen LogP contribution in [0, 0.1) is 0 Å². The average Bonchev–Trinajstić information content (AvgIpc) is 2.77. The second kappa shape index (κ2) is 11.2. The molecule has 0 bridgehead atoms. The third kappa shape index (κ3) is 7.35. The summed E-state index contributed by atoms with van der Waals surface area (Å²) in [6.07, 6.45) is -0.825. The SMILES string of the molecule is NC(=O)CC(NS(=O)(=O)c1ccc(O)c(C(=O)O)c1)c1ccc(C(=O)NC(C=O)CC(=O)O)cc1. The number of nitrogens with one attached hydrogen (secondary N) is 2. The number of carboxylic acid groups (broad SMARTS) is 2. The Morgan fingerprint density at radius 1 is 1.00 bits per heavy atom. The lowest BCUT2D eigenvalue weighted by molar-refractivity contribution is -0.138. The van der Waals surface area contributed by atoms with Gasteiger partial charge in [-0.05, 0) is 35.9 Å². The molecule has 2 rings (SSSR count). The monoisotopic (exact) mass is 507 g/mol. The maximum absolute atomic E-state index is 12.8. The number of carboxylic acids is 2. The molecule has 0 aliphatic carbocycles. The zero-order valence-corrected chi connectivity index (χ0v) is 18.7. The lowest BCUT2D eigenvalue weighted by Gasteiger charge is -2.19. The zero-order valence-electron chi connectivity index (χ0n) is 17.9. The molecule has 14 heteroatoms. The van der Waals surface area contributed by atoms with Gasteiger partial charge in [-0.3, -0.25) is 14.4 Å². The molecule has 2 amide bonds. The van der Waals surface area contributed by atoms with Crippen LogP contribution in [0.15, 0.2) is 47.4 Å². The van der Waals surface area contributed by atoms with E-state index in [2.05, 4.69) is 10.0 Å². The molecule has 2 unspecified atom stereocenters. The molecular formula is C21H21N3O10S. The van der Waals surface area contributed by atoms with Crippen LogP contribution < -0.4 is 15.8 Å². The van der Waals surface area contributed by atoms with E-state index in [1.165, 1.54) is 24.3 Å². The predicted octanol–water partition coefficient (Wildman–Crippen LogP) is -0.243. The van der Waals surface area contributed by atoms with E-state index in [0.717, 1.165) is 18.2 Å². The van der Waals surface area contributed by atoms with Gasteiger partial charge in [0.1, 0.15) is 17.6 Å². The van der Waals surface area contributed by atoms with Gasteiger partial charge in [0.2, 0.25) is 15.9 Å². The minimum atomic E-state index is -4.39. The minimum absolute atomic E-state index is 0.0244. The van der Waals surface area contributed by atoms with Crippen molar-refractivity contribution in [3.8, 4) is 5.75 Å². The van der Waals surface area contributed by atoms with Crippen LogP contribution in [0.1, 0.15) is 45.2 Å². The maximum atomic E-state index is 12.8. The number of aldehydes is 1. The molecule has 0 fully saturated rings. The summed E-state index contributed by atoms with van der Waals surface area (Å²) in [7, 11) is -4.39. The van der Waals surface area contributed by atoms with Crippen molar-refractivity contribution in [1.82, 2.24) is 10.0 Å². The lowest BCUT2D eigenvalue weighted by Crippen LogP contribution is -2.37. The summed E-state index contributed by atoms with van der Waals surface area (Å²) < 4.78 is 27.9. The quantitative estimate of drug-likeness (QED) is 0.206. The van der Waals surface area contributed by atoms with E-state index in [4.69, 9.17) is 15.9 Å². The van der Waals surface area contributed by atoms with Crippen LogP contribution in [0.4, 0.5) is 0 Å². The zero-order chi connectivity index (χ0) is 26.3. The van der Waals surface area contributed by atoms with Crippen molar-refractivity contribution < 1.29 is 47.7 Å². The molecule has 186 valence electrons. The number of aromatic carboxylic acids is 1. The summed E-state index contributed by atoms with van der Waals surface area (Å²) in [5, 5.41) is 29.7. The molecule has 0 aliphatic heterocycles. The van der Waals surface area contributed by atoms with Gasteiger partial charge in [0, 0.05) is 12.0 Å². The molecule has 0 aliphatic rings. The van der Waals surface area contributed by atoms with Crippen molar-refractivity contribution in [2.45, 2.75) is 29.8 Å². The second-order valence-corrected chi connectivity index (χ2v) is 8.98. The van der Waals surface area contributed by atoms with Crippen LogP contribution in [0.25, 0.3) is 0 Å². The van der Waals surface area contributed by atoms with E-state index in [1.807, 2.05) is 0 Å². The van der Waals surface area contributed by atoms with Crippen molar-refractivity contribution in [1.29, 1.82) is 0 Å². The first-order chi connectivity index (χ1) is 16.3. The first kappa shape index (κ1) is 26.9. The van der Waals surface area contributed by atoms with Crippen molar-refractivity contribution >= 4 is 40.1 Å². The Balaban J connectivity index is 2.29. The highest BCUT2D eigenvalue weighted by Crippen LogP contribution is 2.25. The number of nitrogens with two attached hydrogens (primary N) is 1. The van der Waals surface area contributed by atoms with E-state index >= 15 is 0 Å². The Morgan fingerprint density at radius 3 is 2.14 bits per heavy atom. The Bertz CT molecular complexity index is 1260. The van der Waals surface area contributed by atoms with E-state index < -0.39 is 74.9 Å². The lowest BCUT2D eigenvalue weighted by atomic mass is 10.0. The van der Waals surface area contributed by atoms with Crippen LogP contribution in [-0.2, 0) is 24.4 Å². The van der Waals surface area contributed by atoms with Crippen molar-refractivity contribution in [3.05, 3.63) is 59.2 Å². The van der Waals surface area contributed by atoms with Crippen molar-refractivity contribution in [2.75, 3.05) is 0 Å². The standard InChI is InChI=1S/C21H21N3O10S/c22-18(27)9-16(24-35(33,34)14-5-6-17(26)15(8-14)21(31)32)11-1-3-12(4-2-11)20(30)23-13(10-25)7-19(28)29/h1-6,8,10,13,16,24,26H,7,9H2,(H2,22,27)(H,23,30)(H,28,29)(H,31,32). The summed E-state index contributed by atoms with van der Waals surface area (Å²) in [6.45, 7) is 0. The summed E-state index contributed by atoms with van der Waals surface area (Å²) in [4.78, 5) is 56.2. The van der Waals surface area contributed by atoms with Crippen LogP contribution in [-0.4, -0.2) is 59.8 Å². The normalized spacial score (nSPS) is 12.8. The number of carbonyl (C=O) groups excluding carboxylic acids is 3. The Morgan fingerprint density at radius 2 is 1.63 bits per heavy atom. The number of aromatic hydroxyl groups is 1. The van der Waals surface area contributed by atoms with E-state index in [9.17, 15) is 37.5 Å². The number of aliphatic carboxylic acids is 1. The van der Waals surface area contributed by atoms with E-state index in [0.29, 0.717) is 0 Å². The molecule has 0 saturated heterocycles. The average molecular weight is 507 g/mol. The fraction of sp³-hybridized carbons (Fsp3) is 0.190. The Hall–Kier alpha value is -4.30. The molecule has 0 radical (unpaired) electrons. The minimum Gasteiger partial charge on any atom is -0.507 e. The second-order valence-electron chi connectivity index (χ2n) is 7.26. The van der Waals surface area contributed by atoms with Gasteiger partial charge in [-0.2, -0.15) is 0 Å². The maximum Gasteiger partial charge on any atom is 0.339 e. The topological polar surface area (TPSA) is 230 Å². The number of benzene rings is 2. The van der Waals surface area contributed by atoms with Gasteiger partial charge in [0.05, 0.1) is 23.4 Å². The third-order valence-corrected chi connectivity index (χ3v) is 6.13. The molecule has 2 aromatic rings. The number of rotatable bonds is 12. The highest BCUT2D eigenvalue weighted by molar-refractivity contribution is 7.89. The van der Waals surface area contributed by atoms with Gasteiger partial charge >= 0.3 is 11.9 Å². The Labute approximate surface area is 198 Å². The summed E-state index contributed by atoms with van der Waals surface area (Å²) >= 11 is 0. The van der Waals surface area contributed by atoms with E-state index in [-0.39, 0.29) is 17.4 Å². The number of hydrogen-bond donors (Lipinski definition) is 6. The van der Waals surface area contributed by atoms with Crippen LogP contribution >= 0.6 is 0 Å². The van der Waals surface area contributed by atoms with Gasteiger partial charge < -0.3 is 31.2 Å². The summed E-state index contributed by atoms with van der Waals surface area (Å²) in [5.74, 6) is -5.10. The molecular weight excluding hydrogens is 486 g/mol. The van der Waals surface area contributed by atoms with Crippen LogP contribution in [0.2, 0.25) is 0 Å². The highest BCUT2D eigenvalue weighted by Gasteiger charge is 2.25. The number of primary amides is 1. The van der Waals surface area contributed by atoms with E-state index in [1.54, 1.807) is 0 Å². The number of phenols is 1. The largest absolute Gasteiger partial charge is 0.507 e. The molecule has 35 heavy (non-hydrogen) atoms. The van der Waals surface area contributed by atoms with Crippen molar-refractivity contribution in [3.63, 3.8) is 0 Å². The fourth-order valence-electron chi connectivity index (χ4n) is 2.98. The van der Waals surface area contributed by atoms with Gasteiger partial charge in [0.15, 0.2) is 0 Å². The Kier molecular flexibility index (Phi) is 8.64. The number of hydrogen-bond acceptors (Lipinski definition) is 8. The molecule has 0 saturated carbocycles. The van der Waals surface area contributed by atoms with Gasteiger partial charge in [-0.1, -0.05) is 12.1 Å². The molecule has 0 heterocycles. The van der Waals surface area contributed by atoms with Crippen LogP contribution in [0.5, 0.6) is 5.75 Å². The highest BCUT2D eigenvalue weighted by atomic mass is 32.2. The summed E-state index contributed by atoms with van der Waals surface area (Å²) in [5.41, 5.74) is 4.83. The predicted molar refractivity (Wildman–Crippen MR) is 118 cm³/mol. The fourth-order valence-corrected chi connectivity index (χ4v) is 4.23. The smallest absolute Gasteiger partial charge is 0.339 e. The first-order valence-corrected chi connectivity index (χ1v) is 11.3. The van der Waals surface area contributed by atoms with Crippen LogP contribution in [0.3, 0.4) is 0 Å². The van der Waals surface area contributed by atoms with Crippen molar-refractivity contribution in [2.24, 2.45) is 5.73 Å². The third-order valence-electron chi connectivity index (χ3n) is 4.66. The number of carbonyl (C=O) groups is 5. The molecule has 0 spiro atoms. The molecule has 2 aromatic carbocycles. The van der Waals surface area contributed by atoms with Gasteiger partial charge in [0.25, 0.3) is 5.91 Å². The molecule has 0 aromatic heterocycles. The number of amides is 2. The summed E-state index contributed by atoms with van der Waals surface area (Å²) in [6, 6.07) is 5.31. The number of sulfonamides is 1. The molecule has 2 atom stereocenters.